The molecule has 34 heavy (non-hydrogen) atoms. The summed E-state index contributed by atoms with van der Waals surface area (Å²) >= 11 is 5.98. The van der Waals surface area contributed by atoms with Crippen LogP contribution in [0.1, 0.15) is 61.0 Å². The third-order valence-corrected chi connectivity index (χ3v) is 7.19. The lowest BCUT2D eigenvalue weighted by atomic mass is 9.85. The van der Waals surface area contributed by atoms with Crippen LogP contribution in [0.25, 0.3) is 0 Å². The molecule has 9 heteroatoms. The van der Waals surface area contributed by atoms with Gasteiger partial charge in [0, 0.05) is 18.3 Å². The highest BCUT2D eigenvalue weighted by atomic mass is 35.5. The molecule has 1 fully saturated rings. The van der Waals surface area contributed by atoms with Gasteiger partial charge < -0.3 is 10.2 Å². The summed E-state index contributed by atoms with van der Waals surface area (Å²) < 4.78 is 52.8. The van der Waals surface area contributed by atoms with Crippen molar-refractivity contribution in [2.45, 2.75) is 57.2 Å². The van der Waals surface area contributed by atoms with E-state index in [-0.39, 0.29) is 34.3 Å². The lowest BCUT2D eigenvalue weighted by Gasteiger charge is -2.32. The summed E-state index contributed by atoms with van der Waals surface area (Å²) in [6, 6.07) is 6.91. The Bertz CT molecular complexity index is 1120. The van der Waals surface area contributed by atoms with E-state index in [4.69, 9.17) is 11.6 Å². The molecule has 0 unspecified atom stereocenters. The molecule has 182 valence electrons. The molecule has 2 aliphatic rings. The number of nitrogens with zero attached hydrogens (tertiary/aromatic N) is 1. The molecule has 0 aromatic heterocycles. The number of halogens is 5. The molecule has 0 bridgehead atoms. The highest BCUT2D eigenvalue weighted by Crippen LogP contribution is 2.43. The Hall–Kier alpha value is -2.61. The van der Waals surface area contributed by atoms with E-state index < -0.39 is 23.1 Å². The van der Waals surface area contributed by atoms with Crippen molar-refractivity contribution in [3.8, 4) is 0 Å². The van der Waals surface area contributed by atoms with Gasteiger partial charge in [-0.1, -0.05) is 11.6 Å². The van der Waals surface area contributed by atoms with E-state index in [1.54, 1.807) is 24.8 Å². The van der Waals surface area contributed by atoms with Gasteiger partial charge in [-0.3, -0.25) is 9.59 Å². The van der Waals surface area contributed by atoms with Crippen LogP contribution in [-0.4, -0.2) is 24.4 Å². The minimum absolute atomic E-state index is 0.0375. The Morgan fingerprint density at radius 2 is 1.79 bits per heavy atom. The zero-order valence-electron chi connectivity index (χ0n) is 18.8. The van der Waals surface area contributed by atoms with Crippen molar-refractivity contribution >= 4 is 29.1 Å². The van der Waals surface area contributed by atoms with Gasteiger partial charge in [0.2, 0.25) is 5.91 Å². The Morgan fingerprint density at radius 3 is 2.44 bits per heavy atom. The van der Waals surface area contributed by atoms with Gasteiger partial charge in [0.25, 0.3) is 5.91 Å². The summed E-state index contributed by atoms with van der Waals surface area (Å²) in [4.78, 5) is 27.3. The van der Waals surface area contributed by atoms with Crippen molar-refractivity contribution in [2.24, 2.45) is 5.92 Å². The quantitative estimate of drug-likeness (QED) is 0.519. The van der Waals surface area contributed by atoms with Gasteiger partial charge in [-0.25, -0.2) is 4.39 Å². The molecule has 2 amide bonds. The van der Waals surface area contributed by atoms with E-state index in [0.29, 0.717) is 24.9 Å². The summed E-state index contributed by atoms with van der Waals surface area (Å²) in [6.45, 7) is 4.08. The van der Waals surface area contributed by atoms with Crippen LogP contribution in [0, 0.1) is 11.7 Å². The maximum absolute atomic E-state index is 13.8. The summed E-state index contributed by atoms with van der Waals surface area (Å²) in [5.74, 6) is -0.880. The molecule has 0 radical (unpaired) electrons. The number of rotatable bonds is 4. The predicted molar refractivity (Wildman–Crippen MR) is 121 cm³/mol. The lowest BCUT2D eigenvalue weighted by molar-refractivity contribution is -0.137. The number of benzene rings is 2. The van der Waals surface area contributed by atoms with Crippen LogP contribution in [0.3, 0.4) is 0 Å². The van der Waals surface area contributed by atoms with Gasteiger partial charge in [-0.05, 0) is 87.4 Å². The first-order chi connectivity index (χ1) is 15.9. The third kappa shape index (κ3) is 4.65. The fraction of sp³-hybridized carbons (Fsp3) is 0.440. The zero-order chi connectivity index (χ0) is 24.8. The average Bonchev–Trinajstić information content (AvgIpc) is 2.95. The third-order valence-electron chi connectivity index (χ3n) is 6.86. The number of alkyl halides is 3. The topological polar surface area (TPSA) is 49.4 Å². The molecule has 1 heterocycles. The Labute approximate surface area is 200 Å². The molecule has 0 atom stereocenters. The van der Waals surface area contributed by atoms with Crippen LogP contribution in [0.2, 0.25) is 5.02 Å². The Morgan fingerprint density at radius 1 is 1.12 bits per heavy atom. The predicted octanol–water partition coefficient (Wildman–Crippen LogP) is 6.11. The van der Waals surface area contributed by atoms with E-state index in [9.17, 15) is 27.2 Å². The summed E-state index contributed by atoms with van der Waals surface area (Å²) in [7, 11) is 0. The second kappa shape index (κ2) is 8.87. The fourth-order valence-corrected chi connectivity index (χ4v) is 5.08. The van der Waals surface area contributed by atoms with Gasteiger partial charge in [-0.2, -0.15) is 13.2 Å². The smallest absolute Gasteiger partial charge is 0.349 e. The van der Waals surface area contributed by atoms with Gasteiger partial charge in [0.15, 0.2) is 0 Å². The molecule has 0 saturated heterocycles. The number of fused-ring (bicyclic) bond motifs is 1. The van der Waals surface area contributed by atoms with E-state index >= 15 is 0 Å². The molecule has 1 saturated carbocycles. The minimum Gasteiger partial charge on any atom is -0.349 e. The van der Waals surface area contributed by atoms with Crippen molar-refractivity contribution in [3.63, 3.8) is 0 Å². The number of carbonyl (C=O) groups excluding carboxylic acids is 2. The zero-order valence-corrected chi connectivity index (χ0v) is 19.6. The summed E-state index contributed by atoms with van der Waals surface area (Å²) in [5.41, 5.74) is -0.522. The summed E-state index contributed by atoms with van der Waals surface area (Å²) in [6.07, 6.45) is -1.82. The van der Waals surface area contributed by atoms with Crippen LogP contribution in [0.4, 0.5) is 23.2 Å². The van der Waals surface area contributed by atoms with Gasteiger partial charge in [0.05, 0.1) is 21.6 Å². The second-order valence-electron chi connectivity index (χ2n) is 9.59. The molecule has 1 aliphatic heterocycles. The van der Waals surface area contributed by atoms with E-state index in [1.807, 2.05) is 0 Å². The van der Waals surface area contributed by atoms with Crippen LogP contribution in [0.5, 0.6) is 0 Å². The molecular weight excluding hydrogens is 472 g/mol. The van der Waals surface area contributed by atoms with Crippen molar-refractivity contribution in [1.82, 2.24) is 5.32 Å². The number of carbonyl (C=O) groups is 2. The van der Waals surface area contributed by atoms with E-state index in [1.165, 1.54) is 12.1 Å². The van der Waals surface area contributed by atoms with Gasteiger partial charge >= 0.3 is 6.18 Å². The SMILES string of the molecule is CC1(C)C(=O)N(CC2CCC(NC(=O)c3cc(C(F)(F)F)ccc3Cl)CC2)c2ccc(F)cc21. The van der Waals surface area contributed by atoms with Crippen LogP contribution in [-0.2, 0) is 16.4 Å². The monoisotopic (exact) mass is 496 g/mol. The lowest BCUT2D eigenvalue weighted by Crippen LogP contribution is -2.42. The summed E-state index contributed by atoms with van der Waals surface area (Å²) in [5, 5.41) is 2.76. The molecule has 2 aromatic carbocycles. The number of hydrogen-bond donors (Lipinski definition) is 1. The Balaban J connectivity index is 1.38. The number of nitrogens with one attached hydrogen (secondary N) is 1. The molecule has 4 nitrogen and oxygen atoms in total. The highest BCUT2D eigenvalue weighted by Gasteiger charge is 2.44. The van der Waals surface area contributed by atoms with Crippen molar-refractivity contribution in [1.29, 1.82) is 0 Å². The van der Waals surface area contributed by atoms with Crippen molar-refractivity contribution in [2.75, 3.05) is 11.4 Å². The maximum Gasteiger partial charge on any atom is 0.416 e. The number of anilines is 1. The van der Waals surface area contributed by atoms with Crippen molar-refractivity contribution < 1.29 is 27.2 Å². The van der Waals surface area contributed by atoms with Crippen LogP contribution < -0.4 is 10.2 Å². The molecule has 2 aromatic rings. The molecule has 0 spiro atoms. The standard InChI is InChI=1S/C25H25ClF4N2O2/c1-24(2)19-12-16(27)6-10-21(19)32(23(24)34)13-14-3-7-17(8-4-14)31-22(33)18-11-15(25(28,29)30)5-9-20(18)26/h5-6,9-12,14,17H,3-4,7-8,13H2,1-2H3,(H,31,33). The fourth-order valence-electron chi connectivity index (χ4n) is 4.87. The van der Waals surface area contributed by atoms with E-state index in [0.717, 1.165) is 36.7 Å². The normalized spacial score (nSPS) is 22.0. The first-order valence-electron chi connectivity index (χ1n) is 11.2. The number of hydrogen-bond acceptors (Lipinski definition) is 2. The first kappa shape index (κ1) is 24.5. The number of amides is 2. The molecule has 4 rings (SSSR count). The second-order valence-corrected chi connectivity index (χ2v) is 9.99. The molecule has 1 N–H and O–H groups in total. The molecule has 1 aliphatic carbocycles. The molecular formula is C25H25ClF4N2O2. The van der Waals surface area contributed by atoms with E-state index in [2.05, 4.69) is 5.32 Å². The van der Waals surface area contributed by atoms with Gasteiger partial charge in [-0.15, -0.1) is 0 Å². The largest absolute Gasteiger partial charge is 0.416 e. The first-order valence-corrected chi connectivity index (χ1v) is 11.6. The highest BCUT2D eigenvalue weighted by molar-refractivity contribution is 6.33. The maximum atomic E-state index is 13.8. The van der Waals surface area contributed by atoms with Crippen molar-refractivity contribution in [3.05, 3.63) is 63.9 Å². The minimum atomic E-state index is -4.57. The average molecular weight is 497 g/mol. The van der Waals surface area contributed by atoms with Crippen LogP contribution in [0.15, 0.2) is 36.4 Å². The van der Waals surface area contributed by atoms with Crippen LogP contribution >= 0.6 is 11.6 Å². The Kier molecular flexibility index (Phi) is 6.40. The van der Waals surface area contributed by atoms with Gasteiger partial charge in [0.1, 0.15) is 5.82 Å².